The van der Waals surface area contributed by atoms with Gasteiger partial charge >= 0.3 is 12.1 Å². The molecular weight excluding hydrogens is 677 g/mol. The maximum absolute atomic E-state index is 13.6. The van der Waals surface area contributed by atoms with Crippen molar-refractivity contribution < 1.29 is 34.5 Å². The van der Waals surface area contributed by atoms with Crippen LogP contribution >= 0.6 is 11.8 Å². The highest BCUT2D eigenvalue weighted by Crippen LogP contribution is 2.45. The Morgan fingerprint density at radius 3 is 2.29 bits per heavy atom. The van der Waals surface area contributed by atoms with E-state index in [4.69, 9.17) is 5.53 Å². The number of nitrogens with one attached hydrogen (secondary N) is 4. The average Bonchev–Trinajstić information content (AvgIpc) is 3.79. The lowest BCUT2D eigenvalue weighted by atomic mass is 9.95. The summed E-state index contributed by atoms with van der Waals surface area (Å²) in [5.74, 6) is -0.331. The number of urea groups is 1. The lowest BCUT2D eigenvalue weighted by molar-refractivity contribution is -0.127. The monoisotopic (exact) mass is 722 g/mol. The molecule has 0 spiro atoms. The second-order valence-corrected chi connectivity index (χ2v) is 14.5. The van der Waals surface area contributed by atoms with Crippen LogP contribution in [0, 0.1) is 0 Å². The molecule has 5 amide bonds. The molecule has 2 fully saturated rings. The average molecular weight is 723 g/mol. The fourth-order valence-electron chi connectivity index (χ4n) is 7.16. The van der Waals surface area contributed by atoms with Gasteiger partial charge in [-0.05, 0) is 53.5 Å². The third-order valence-electron chi connectivity index (χ3n) is 9.83. The minimum absolute atomic E-state index is 0.0172. The van der Waals surface area contributed by atoms with Gasteiger partial charge in [0.25, 0.3) is 0 Å². The van der Waals surface area contributed by atoms with Crippen LogP contribution in [0.15, 0.2) is 53.6 Å². The SMILES string of the molecule is [N-]=[N+]=NCCCCC(C(=O)NCC(O)C(O)CNC(=O)CCCCC1SCC2NC(=O)NC21)N(CC1c2ccccc2-c2ccccc21)C(=O)O. The molecule has 274 valence electrons. The number of carbonyl (C=O) groups excluding carboxylic acids is 3. The number of azide groups is 1. The lowest BCUT2D eigenvalue weighted by Gasteiger charge is -2.32. The molecular formula is C35H46N8O7S. The lowest BCUT2D eigenvalue weighted by Crippen LogP contribution is -2.53. The molecule has 6 unspecified atom stereocenters. The van der Waals surface area contributed by atoms with E-state index in [1.165, 1.54) is 0 Å². The zero-order valence-electron chi connectivity index (χ0n) is 28.3. The first-order chi connectivity index (χ1) is 24.7. The highest BCUT2D eigenvalue weighted by Gasteiger charge is 2.42. The summed E-state index contributed by atoms with van der Waals surface area (Å²) in [7, 11) is 0. The van der Waals surface area contributed by atoms with E-state index in [2.05, 4.69) is 31.3 Å². The van der Waals surface area contributed by atoms with Gasteiger partial charge in [0, 0.05) is 54.4 Å². The van der Waals surface area contributed by atoms with Crippen molar-refractivity contribution in [3.05, 3.63) is 70.1 Å². The molecule has 0 saturated carbocycles. The highest BCUT2D eigenvalue weighted by molar-refractivity contribution is 8.00. The normalized spacial score (nSPS) is 20.4. The maximum atomic E-state index is 13.6. The summed E-state index contributed by atoms with van der Waals surface area (Å²) in [5, 5.41) is 46.5. The summed E-state index contributed by atoms with van der Waals surface area (Å²) in [4.78, 5) is 54.2. The van der Waals surface area contributed by atoms with E-state index in [0.717, 1.165) is 45.7 Å². The van der Waals surface area contributed by atoms with E-state index in [-0.39, 0.29) is 69.0 Å². The summed E-state index contributed by atoms with van der Waals surface area (Å²) < 4.78 is 0. The van der Waals surface area contributed by atoms with Crippen molar-refractivity contribution in [1.29, 1.82) is 0 Å². The summed E-state index contributed by atoms with van der Waals surface area (Å²) in [6.45, 7) is -0.361. The van der Waals surface area contributed by atoms with E-state index < -0.39 is 30.3 Å². The summed E-state index contributed by atoms with van der Waals surface area (Å²) >= 11 is 1.82. The van der Waals surface area contributed by atoms with Gasteiger partial charge in [-0.2, -0.15) is 11.8 Å². The fourth-order valence-corrected chi connectivity index (χ4v) is 8.70. The topological polar surface area (TPSA) is 229 Å². The molecule has 2 aromatic carbocycles. The zero-order chi connectivity index (χ0) is 36.3. The van der Waals surface area contributed by atoms with E-state index in [1.807, 2.05) is 60.3 Å². The second-order valence-electron chi connectivity index (χ2n) is 13.2. The Morgan fingerprint density at radius 2 is 1.63 bits per heavy atom. The number of thioether (sulfide) groups is 1. The molecule has 6 atom stereocenters. The van der Waals surface area contributed by atoms with Crippen LogP contribution in [0.25, 0.3) is 21.6 Å². The van der Waals surface area contributed by atoms with Gasteiger partial charge in [0.05, 0.1) is 24.3 Å². The Kier molecular flexibility index (Phi) is 13.4. The van der Waals surface area contributed by atoms with Gasteiger partial charge in [-0.15, -0.1) is 0 Å². The number of aliphatic hydroxyl groups is 2. The number of hydrogen-bond donors (Lipinski definition) is 7. The summed E-state index contributed by atoms with van der Waals surface area (Å²) in [6, 6.07) is 14.6. The van der Waals surface area contributed by atoms with Crippen LogP contribution in [-0.2, 0) is 9.59 Å². The van der Waals surface area contributed by atoms with Crippen molar-refractivity contribution in [2.45, 2.75) is 86.4 Å². The van der Waals surface area contributed by atoms with Crippen LogP contribution < -0.4 is 21.3 Å². The van der Waals surface area contributed by atoms with Crippen molar-refractivity contribution in [3.63, 3.8) is 0 Å². The maximum Gasteiger partial charge on any atom is 0.408 e. The Bertz CT molecular complexity index is 1560. The number of amides is 5. The molecule has 15 nitrogen and oxygen atoms in total. The van der Waals surface area contributed by atoms with Gasteiger partial charge < -0.3 is 36.6 Å². The second kappa shape index (κ2) is 18.1. The third kappa shape index (κ3) is 9.64. The highest BCUT2D eigenvalue weighted by atomic mass is 32.2. The fraction of sp³-hybridized carbons (Fsp3) is 0.543. The van der Waals surface area contributed by atoms with E-state index >= 15 is 0 Å². The molecule has 2 aliphatic heterocycles. The van der Waals surface area contributed by atoms with Gasteiger partial charge in [-0.1, -0.05) is 66.5 Å². The van der Waals surface area contributed by atoms with Crippen molar-refractivity contribution in [2.24, 2.45) is 5.11 Å². The molecule has 16 heteroatoms. The van der Waals surface area contributed by atoms with E-state index in [9.17, 15) is 34.5 Å². The number of nitrogens with zero attached hydrogens (tertiary/aromatic N) is 4. The molecule has 1 aliphatic carbocycles. The molecule has 0 bridgehead atoms. The summed E-state index contributed by atoms with van der Waals surface area (Å²) in [5.41, 5.74) is 12.6. The van der Waals surface area contributed by atoms with Crippen molar-refractivity contribution in [2.75, 3.05) is 31.9 Å². The first kappa shape index (κ1) is 37.7. The predicted molar refractivity (Wildman–Crippen MR) is 192 cm³/mol. The molecule has 2 heterocycles. The number of hydrogen-bond acceptors (Lipinski definition) is 8. The standard InChI is InChI=1S/C35H46N8O7S/c36-42-39-16-8-7-13-27(43(35(49)50)19-25-23-11-3-1-9-21(23)22-10-2-4-12-24(22)25)33(47)38-18-29(45)28(44)17-37-31(46)15-6-5-14-30-32-26(20-51-30)40-34(48)41-32/h1-4,9-12,25-30,32,44-45H,5-8,13-20H2,(H,37,46)(H,38,47)(H,49,50)(H2,40,41,48). The molecule has 0 aromatic heterocycles. The first-order valence-electron chi connectivity index (χ1n) is 17.5. The quantitative estimate of drug-likeness (QED) is 0.0373. The molecule has 3 aliphatic rings. The van der Waals surface area contributed by atoms with Gasteiger partial charge in [0.2, 0.25) is 11.8 Å². The Hall–Kier alpha value is -4.50. The Balaban J connectivity index is 1.12. The number of fused-ring (bicyclic) bond motifs is 4. The number of unbranched alkanes of at least 4 members (excludes halogenated alkanes) is 2. The van der Waals surface area contributed by atoms with Crippen LogP contribution in [-0.4, -0.2) is 112 Å². The number of benzene rings is 2. The molecule has 7 N–H and O–H groups in total. The van der Waals surface area contributed by atoms with Crippen molar-refractivity contribution in [3.8, 4) is 11.1 Å². The van der Waals surface area contributed by atoms with E-state index in [0.29, 0.717) is 24.5 Å². The molecule has 2 aromatic rings. The molecule has 2 saturated heterocycles. The smallest absolute Gasteiger partial charge is 0.408 e. The van der Waals surface area contributed by atoms with Crippen molar-refractivity contribution in [1.82, 2.24) is 26.2 Å². The number of carbonyl (C=O) groups is 4. The first-order valence-corrected chi connectivity index (χ1v) is 18.5. The van der Waals surface area contributed by atoms with Crippen LogP contribution in [0.5, 0.6) is 0 Å². The minimum Gasteiger partial charge on any atom is -0.465 e. The minimum atomic E-state index is -1.42. The number of rotatable bonds is 19. The van der Waals surface area contributed by atoms with E-state index in [1.54, 1.807) is 0 Å². The van der Waals surface area contributed by atoms with Crippen LogP contribution in [0.3, 0.4) is 0 Å². The number of carboxylic acid groups (broad SMARTS) is 1. The van der Waals surface area contributed by atoms with Crippen LogP contribution in [0.2, 0.25) is 0 Å². The number of aliphatic hydroxyl groups excluding tert-OH is 2. The molecule has 5 rings (SSSR count). The Morgan fingerprint density at radius 1 is 0.961 bits per heavy atom. The van der Waals surface area contributed by atoms with Crippen molar-refractivity contribution >= 4 is 35.7 Å². The van der Waals surface area contributed by atoms with Gasteiger partial charge in [0.1, 0.15) is 6.04 Å². The molecule has 51 heavy (non-hydrogen) atoms. The van der Waals surface area contributed by atoms with Gasteiger partial charge in [0.15, 0.2) is 0 Å². The predicted octanol–water partition coefficient (Wildman–Crippen LogP) is 3.31. The van der Waals surface area contributed by atoms with Gasteiger partial charge in [-0.3, -0.25) is 14.5 Å². The largest absolute Gasteiger partial charge is 0.465 e. The van der Waals surface area contributed by atoms with Gasteiger partial charge in [-0.25, -0.2) is 9.59 Å². The molecule has 0 radical (unpaired) electrons. The zero-order valence-corrected chi connectivity index (χ0v) is 29.1. The van der Waals surface area contributed by atoms with Crippen LogP contribution in [0.1, 0.15) is 62.0 Å². The summed E-state index contributed by atoms with van der Waals surface area (Å²) in [6.07, 6.45) is -0.495. The Labute approximate surface area is 300 Å². The van der Waals surface area contributed by atoms with Crippen LogP contribution in [0.4, 0.5) is 9.59 Å². The third-order valence-corrected chi connectivity index (χ3v) is 11.3.